The number of rotatable bonds is 7. The first-order chi connectivity index (χ1) is 11.2. The number of thiazole rings is 1. The first kappa shape index (κ1) is 15.7. The maximum Gasteiger partial charge on any atom is 0.146 e. The van der Waals surface area contributed by atoms with E-state index < -0.39 is 0 Å². The molecule has 0 fully saturated rings. The molecule has 2 heterocycles. The van der Waals surface area contributed by atoms with Crippen LogP contribution in [0.25, 0.3) is 0 Å². The number of nitrogens with zero attached hydrogens (tertiary/aromatic N) is 3. The minimum absolute atomic E-state index is 0.477. The molecule has 0 spiro atoms. The fourth-order valence-electron chi connectivity index (χ4n) is 2.18. The summed E-state index contributed by atoms with van der Waals surface area (Å²) in [7, 11) is 1.96. The molecule has 23 heavy (non-hydrogen) atoms. The van der Waals surface area contributed by atoms with E-state index in [0.29, 0.717) is 6.61 Å². The van der Waals surface area contributed by atoms with E-state index in [1.165, 1.54) is 5.56 Å². The van der Waals surface area contributed by atoms with Gasteiger partial charge >= 0.3 is 0 Å². The van der Waals surface area contributed by atoms with Crippen LogP contribution in [0.4, 0.5) is 0 Å². The lowest BCUT2D eigenvalue weighted by molar-refractivity contribution is 0.291. The van der Waals surface area contributed by atoms with Crippen molar-refractivity contribution in [1.82, 2.24) is 19.9 Å². The topological polar surface area (TPSA) is 52.0 Å². The van der Waals surface area contributed by atoms with Crippen LogP contribution in [0.15, 0.2) is 42.0 Å². The van der Waals surface area contributed by atoms with Crippen LogP contribution in [-0.2, 0) is 26.7 Å². The van der Waals surface area contributed by atoms with Gasteiger partial charge in [0.2, 0.25) is 0 Å². The fraction of sp³-hybridized carbons (Fsp3) is 0.294. The van der Waals surface area contributed by atoms with E-state index in [9.17, 15) is 0 Å². The third kappa shape index (κ3) is 4.40. The minimum Gasteiger partial charge on any atom is -0.486 e. The summed E-state index contributed by atoms with van der Waals surface area (Å²) < 4.78 is 7.71. The molecule has 0 aliphatic carbocycles. The summed E-state index contributed by atoms with van der Waals surface area (Å²) in [5, 5.41) is 6.60. The third-order valence-electron chi connectivity index (χ3n) is 3.48. The molecule has 0 atom stereocenters. The molecule has 3 aromatic rings. The van der Waals surface area contributed by atoms with Gasteiger partial charge in [-0.1, -0.05) is 12.1 Å². The van der Waals surface area contributed by atoms with Gasteiger partial charge in [0.1, 0.15) is 23.2 Å². The van der Waals surface area contributed by atoms with Crippen LogP contribution in [0.2, 0.25) is 0 Å². The molecule has 0 aliphatic rings. The molecular formula is C17H20N4OS. The largest absolute Gasteiger partial charge is 0.486 e. The summed E-state index contributed by atoms with van der Waals surface area (Å²) in [6.45, 7) is 4.11. The Morgan fingerprint density at radius 2 is 2.04 bits per heavy atom. The van der Waals surface area contributed by atoms with Gasteiger partial charge in [0, 0.05) is 43.6 Å². The van der Waals surface area contributed by atoms with Gasteiger partial charge < -0.3 is 14.6 Å². The van der Waals surface area contributed by atoms with Crippen molar-refractivity contribution in [3.63, 3.8) is 0 Å². The summed E-state index contributed by atoms with van der Waals surface area (Å²) in [6.07, 6.45) is 3.69. The van der Waals surface area contributed by atoms with E-state index in [0.717, 1.165) is 35.4 Å². The normalized spacial score (nSPS) is 10.9. The maximum atomic E-state index is 5.75. The zero-order chi connectivity index (χ0) is 16.1. The highest BCUT2D eigenvalue weighted by Gasteiger charge is 2.02. The lowest BCUT2D eigenvalue weighted by Crippen LogP contribution is -2.12. The molecule has 120 valence electrons. The number of hydrogen-bond acceptors (Lipinski definition) is 5. The van der Waals surface area contributed by atoms with Crippen LogP contribution in [0.3, 0.4) is 0 Å². The summed E-state index contributed by atoms with van der Waals surface area (Å²) in [5.74, 6) is 1.77. The Balaban J connectivity index is 1.46. The molecule has 0 amide bonds. The van der Waals surface area contributed by atoms with Gasteiger partial charge in [0.25, 0.3) is 0 Å². The van der Waals surface area contributed by atoms with Gasteiger partial charge in [-0.15, -0.1) is 11.3 Å². The number of aromatic nitrogens is 3. The van der Waals surface area contributed by atoms with Crippen LogP contribution >= 0.6 is 11.3 Å². The molecule has 1 aromatic carbocycles. The van der Waals surface area contributed by atoms with Gasteiger partial charge in [-0.05, 0) is 24.6 Å². The van der Waals surface area contributed by atoms with Crippen molar-refractivity contribution in [1.29, 1.82) is 0 Å². The lowest BCUT2D eigenvalue weighted by Gasteiger charge is -2.08. The monoisotopic (exact) mass is 328 g/mol. The molecule has 6 heteroatoms. The molecule has 5 nitrogen and oxygen atoms in total. The van der Waals surface area contributed by atoms with Gasteiger partial charge in [-0.3, -0.25) is 0 Å². The zero-order valence-electron chi connectivity index (χ0n) is 13.3. The Morgan fingerprint density at radius 1 is 1.22 bits per heavy atom. The van der Waals surface area contributed by atoms with Gasteiger partial charge in [-0.25, -0.2) is 9.97 Å². The minimum atomic E-state index is 0.477. The summed E-state index contributed by atoms with van der Waals surface area (Å²) in [6, 6.07) is 8.14. The first-order valence-corrected chi connectivity index (χ1v) is 8.38. The molecule has 0 saturated carbocycles. The zero-order valence-corrected chi connectivity index (χ0v) is 14.1. The quantitative estimate of drug-likeness (QED) is 0.724. The number of hydrogen-bond donors (Lipinski definition) is 1. The predicted octanol–water partition coefficient (Wildman–Crippen LogP) is 3.05. The highest BCUT2D eigenvalue weighted by molar-refractivity contribution is 7.09. The number of benzene rings is 1. The van der Waals surface area contributed by atoms with Crippen LogP contribution in [0, 0.1) is 6.92 Å². The second-order valence-corrected chi connectivity index (χ2v) is 6.32. The molecule has 0 unspecified atom stereocenters. The third-order valence-corrected chi connectivity index (χ3v) is 4.45. The standard InChI is InChI=1S/C17H20N4OS/c1-13-12-23-17(20-13)10-18-9-14-3-5-15(6-4-14)22-11-16-19-7-8-21(16)2/h3-8,12,18H,9-11H2,1-2H3. The van der Waals surface area contributed by atoms with Crippen molar-refractivity contribution in [2.24, 2.45) is 7.05 Å². The SMILES string of the molecule is Cc1csc(CNCc2ccc(OCc3nccn3C)cc2)n1. The predicted molar refractivity (Wildman–Crippen MR) is 91.4 cm³/mol. The van der Waals surface area contributed by atoms with Crippen molar-refractivity contribution < 1.29 is 4.74 Å². The van der Waals surface area contributed by atoms with E-state index in [4.69, 9.17) is 4.74 Å². The smallest absolute Gasteiger partial charge is 0.146 e. The van der Waals surface area contributed by atoms with Crippen LogP contribution in [-0.4, -0.2) is 14.5 Å². The van der Waals surface area contributed by atoms with Gasteiger partial charge in [0.15, 0.2) is 0 Å². The van der Waals surface area contributed by atoms with Crippen molar-refractivity contribution in [2.75, 3.05) is 0 Å². The van der Waals surface area contributed by atoms with Crippen molar-refractivity contribution in [3.8, 4) is 5.75 Å². The Bertz CT molecular complexity index is 748. The van der Waals surface area contributed by atoms with Gasteiger partial charge in [0.05, 0.1) is 0 Å². The second kappa shape index (κ2) is 7.39. The van der Waals surface area contributed by atoms with Crippen molar-refractivity contribution in [2.45, 2.75) is 26.6 Å². The highest BCUT2D eigenvalue weighted by Crippen LogP contribution is 2.14. The van der Waals surface area contributed by atoms with Crippen LogP contribution < -0.4 is 10.1 Å². The Kier molecular flexibility index (Phi) is 5.05. The highest BCUT2D eigenvalue weighted by atomic mass is 32.1. The molecule has 0 saturated heterocycles. The van der Waals surface area contributed by atoms with Gasteiger partial charge in [-0.2, -0.15) is 0 Å². The molecule has 1 N–H and O–H groups in total. The van der Waals surface area contributed by atoms with E-state index >= 15 is 0 Å². The molecular weight excluding hydrogens is 308 g/mol. The Hall–Kier alpha value is -2.18. The van der Waals surface area contributed by atoms with E-state index in [-0.39, 0.29) is 0 Å². The first-order valence-electron chi connectivity index (χ1n) is 7.50. The fourth-order valence-corrected chi connectivity index (χ4v) is 2.93. The molecule has 0 radical (unpaired) electrons. The Labute approximate surface area is 140 Å². The molecule has 2 aromatic heterocycles. The summed E-state index contributed by atoms with van der Waals surface area (Å²) >= 11 is 1.69. The number of aryl methyl sites for hydroxylation is 2. The molecule has 0 aliphatic heterocycles. The lowest BCUT2D eigenvalue weighted by atomic mass is 10.2. The number of ether oxygens (including phenoxy) is 1. The average Bonchev–Trinajstić information content (AvgIpc) is 3.15. The number of imidazole rings is 1. The van der Waals surface area contributed by atoms with Crippen molar-refractivity contribution >= 4 is 11.3 Å². The molecule has 3 rings (SSSR count). The summed E-state index contributed by atoms with van der Waals surface area (Å²) in [5.41, 5.74) is 2.31. The van der Waals surface area contributed by atoms with Crippen LogP contribution in [0.1, 0.15) is 22.1 Å². The van der Waals surface area contributed by atoms with E-state index in [1.54, 1.807) is 17.5 Å². The molecule has 0 bridgehead atoms. The second-order valence-electron chi connectivity index (χ2n) is 5.37. The van der Waals surface area contributed by atoms with Crippen LogP contribution in [0.5, 0.6) is 5.75 Å². The Morgan fingerprint density at radius 3 is 2.70 bits per heavy atom. The van der Waals surface area contributed by atoms with E-state index in [1.807, 2.05) is 36.9 Å². The summed E-state index contributed by atoms with van der Waals surface area (Å²) in [4.78, 5) is 8.68. The van der Waals surface area contributed by atoms with Crippen molar-refractivity contribution in [3.05, 3.63) is 64.1 Å². The maximum absolute atomic E-state index is 5.75. The number of nitrogens with one attached hydrogen (secondary N) is 1. The van der Waals surface area contributed by atoms with E-state index in [2.05, 4.69) is 32.8 Å². The average molecular weight is 328 g/mol.